The largest absolute Gasteiger partial charge is 0.381 e. The van der Waals surface area contributed by atoms with Crippen LogP contribution in [0.1, 0.15) is 0 Å². The second kappa shape index (κ2) is 3.73. The summed E-state index contributed by atoms with van der Waals surface area (Å²) in [6.45, 7) is 0. The van der Waals surface area contributed by atoms with Crippen molar-refractivity contribution in [2.75, 3.05) is 5.73 Å². The summed E-state index contributed by atoms with van der Waals surface area (Å²) in [4.78, 5) is 0. The number of benzene rings is 1. The van der Waals surface area contributed by atoms with Crippen LogP contribution in [0.5, 0.6) is 0 Å². The van der Waals surface area contributed by atoms with Gasteiger partial charge < -0.3 is 5.73 Å². The zero-order chi connectivity index (χ0) is 10.1. The van der Waals surface area contributed by atoms with Crippen LogP contribution in [0.25, 0.3) is 11.3 Å². The van der Waals surface area contributed by atoms with Crippen molar-refractivity contribution in [3.05, 3.63) is 28.2 Å². The van der Waals surface area contributed by atoms with E-state index in [-0.39, 0.29) is 0 Å². The van der Waals surface area contributed by atoms with Gasteiger partial charge in [-0.2, -0.15) is 8.75 Å². The van der Waals surface area contributed by atoms with Gasteiger partial charge in [-0.05, 0) is 12.1 Å². The van der Waals surface area contributed by atoms with Crippen LogP contribution in [0.15, 0.2) is 18.2 Å². The molecular formula is C8H5Cl2N3S. The molecule has 0 saturated carbocycles. The number of rotatable bonds is 1. The minimum Gasteiger partial charge on any atom is -0.381 e. The summed E-state index contributed by atoms with van der Waals surface area (Å²) in [5, 5.41) is 0.994. The number of aromatic nitrogens is 2. The molecule has 0 amide bonds. The van der Waals surface area contributed by atoms with Gasteiger partial charge in [-0.1, -0.05) is 29.3 Å². The molecular weight excluding hydrogens is 241 g/mol. The minimum absolute atomic E-state index is 0.411. The highest BCUT2D eigenvalue weighted by atomic mass is 35.5. The van der Waals surface area contributed by atoms with Gasteiger partial charge in [0.05, 0.1) is 21.8 Å². The third-order valence-electron chi connectivity index (χ3n) is 1.71. The van der Waals surface area contributed by atoms with E-state index >= 15 is 0 Å². The van der Waals surface area contributed by atoms with Gasteiger partial charge in [0.25, 0.3) is 0 Å². The molecule has 2 aromatic rings. The zero-order valence-corrected chi connectivity index (χ0v) is 9.20. The molecule has 0 atom stereocenters. The lowest BCUT2D eigenvalue weighted by Crippen LogP contribution is -1.88. The van der Waals surface area contributed by atoms with E-state index in [2.05, 4.69) is 8.75 Å². The van der Waals surface area contributed by atoms with Crippen molar-refractivity contribution in [1.29, 1.82) is 0 Å². The fourth-order valence-electron chi connectivity index (χ4n) is 1.04. The minimum atomic E-state index is 0.411. The molecule has 1 aromatic carbocycles. The molecule has 2 N–H and O–H groups in total. The van der Waals surface area contributed by atoms with Gasteiger partial charge >= 0.3 is 0 Å². The van der Waals surface area contributed by atoms with Crippen molar-refractivity contribution in [3.8, 4) is 11.3 Å². The monoisotopic (exact) mass is 245 g/mol. The maximum atomic E-state index is 5.87. The normalized spacial score (nSPS) is 10.4. The van der Waals surface area contributed by atoms with E-state index in [9.17, 15) is 0 Å². The Kier molecular flexibility index (Phi) is 2.58. The van der Waals surface area contributed by atoms with E-state index in [1.54, 1.807) is 18.2 Å². The lowest BCUT2D eigenvalue weighted by atomic mass is 10.1. The van der Waals surface area contributed by atoms with E-state index in [4.69, 9.17) is 28.9 Å². The summed E-state index contributed by atoms with van der Waals surface area (Å²) < 4.78 is 7.94. The predicted octanol–water partition coefficient (Wildman–Crippen LogP) is 3.09. The number of halogens is 2. The Labute approximate surface area is 94.8 Å². The second-order valence-corrected chi connectivity index (χ2v) is 3.97. The number of anilines is 1. The SMILES string of the molecule is Nc1nsnc1-c1ccc(Cl)c(Cl)c1. The molecule has 0 spiro atoms. The second-order valence-electron chi connectivity index (χ2n) is 2.63. The van der Waals surface area contributed by atoms with E-state index in [0.29, 0.717) is 21.6 Å². The number of nitrogen functional groups attached to an aromatic ring is 1. The highest BCUT2D eigenvalue weighted by Crippen LogP contribution is 2.30. The zero-order valence-electron chi connectivity index (χ0n) is 6.87. The smallest absolute Gasteiger partial charge is 0.165 e. The van der Waals surface area contributed by atoms with Gasteiger partial charge in [0.2, 0.25) is 0 Å². The average Bonchev–Trinajstić information content (AvgIpc) is 2.57. The molecule has 1 heterocycles. The summed E-state index contributed by atoms with van der Waals surface area (Å²) in [5.41, 5.74) is 7.09. The Hall–Kier alpha value is -0.840. The van der Waals surface area contributed by atoms with Crippen LogP contribution in [-0.2, 0) is 0 Å². The average molecular weight is 246 g/mol. The molecule has 0 bridgehead atoms. The molecule has 14 heavy (non-hydrogen) atoms. The topological polar surface area (TPSA) is 51.8 Å². The Bertz CT molecular complexity index is 469. The number of nitrogens with two attached hydrogens (primary N) is 1. The highest BCUT2D eigenvalue weighted by Gasteiger charge is 2.08. The fraction of sp³-hybridized carbons (Fsp3) is 0. The number of hydrogen-bond acceptors (Lipinski definition) is 4. The van der Waals surface area contributed by atoms with E-state index < -0.39 is 0 Å². The van der Waals surface area contributed by atoms with Gasteiger partial charge in [0.1, 0.15) is 5.69 Å². The molecule has 2 rings (SSSR count). The summed E-state index contributed by atoms with van der Waals surface area (Å²) in [5.74, 6) is 0.411. The van der Waals surface area contributed by atoms with Crippen LogP contribution < -0.4 is 5.73 Å². The first kappa shape index (κ1) is 9.71. The molecule has 0 unspecified atom stereocenters. The Balaban J connectivity index is 2.53. The molecule has 0 aliphatic carbocycles. The van der Waals surface area contributed by atoms with Crippen LogP contribution in [-0.4, -0.2) is 8.75 Å². The van der Waals surface area contributed by atoms with Gasteiger partial charge in [-0.15, -0.1) is 0 Å². The predicted molar refractivity (Wildman–Crippen MR) is 59.8 cm³/mol. The Morgan fingerprint density at radius 3 is 2.50 bits per heavy atom. The van der Waals surface area contributed by atoms with Crippen molar-refractivity contribution in [2.24, 2.45) is 0 Å². The molecule has 3 nitrogen and oxygen atoms in total. The van der Waals surface area contributed by atoms with Crippen molar-refractivity contribution in [1.82, 2.24) is 8.75 Å². The maximum Gasteiger partial charge on any atom is 0.165 e. The van der Waals surface area contributed by atoms with Crippen LogP contribution >= 0.6 is 34.9 Å². The third kappa shape index (κ3) is 1.68. The van der Waals surface area contributed by atoms with Crippen LogP contribution in [0.4, 0.5) is 5.82 Å². The lowest BCUT2D eigenvalue weighted by molar-refractivity contribution is 1.49. The molecule has 6 heteroatoms. The molecule has 1 aromatic heterocycles. The first-order chi connectivity index (χ1) is 6.68. The summed E-state index contributed by atoms with van der Waals surface area (Å²) in [6.07, 6.45) is 0. The first-order valence-electron chi connectivity index (χ1n) is 3.72. The molecule has 0 saturated heterocycles. The van der Waals surface area contributed by atoms with Gasteiger partial charge in [-0.3, -0.25) is 0 Å². The van der Waals surface area contributed by atoms with Crippen molar-refractivity contribution in [2.45, 2.75) is 0 Å². The summed E-state index contributed by atoms with van der Waals surface area (Å²) >= 11 is 12.7. The van der Waals surface area contributed by atoms with E-state index in [0.717, 1.165) is 17.3 Å². The lowest BCUT2D eigenvalue weighted by Gasteiger charge is -1.99. The molecule has 0 aliphatic rings. The van der Waals surface area contributed by atoms with Gasteiger partial charge in [-0.25, -0.2) is 0 Å². The number of nitrogens with zero attached hydrogens (tertiary/aromatic N) is 2. The highest BCUT2D eigenvalue weighted by molar-refractivity contribution is 6.99. The summed E-state index contributed by atoms with van der Waals surface area (Å²) in [6, 6.07) is 5.23. The van der Waals surface area contributed by atoms with Gasteiger partial charge in [0, 0.05) is 5.56 Å². The van der Waals surface area contributed by atoms with Crippen LogP contribution in [0, 0.1) is 0 Å². The summed E-state index contributed by atoms with van der Waals surface area (Å²) in [7, 11) is 0. The maximum absolute atomic E-state index is 5.87. The number of hydrogen-bond donors (Lipinski definition) is 1. The van der Waals surface area contributed by atoms with Gasteiger partial charge in [0.15, 0.2) is 5.82 Å². The third-order valence-corrected chi connectivity index (χ3v) is 2.99. The standard InChI is InChI=1S/C8H5Cl2N3S/c9-5-2-1-4(3-6(5)10)7-8(11)13-14-12-7/h1-3H,(H2,11,13). The van der Waals surface area contributed by atoms with Crippen molar-refractivity contribution >= 4 is 40.7 Å². The first-order valence-corrected chi connectivity index (χ1v) is 5.20. The van der Waals surface area contributed by atoms with E-state index in [1.807, 2.05) is 0 Å². The fourth-order valence-corrected chi connectivity index (χ4v) is 1.83. The Morgan fingerprint density at radius 1 is 1.14 bits per heavy atom. The van der Waals surface area contributed by atoms with Crippen molar-refractivity contribution < 1.29 is 0 Å². The van der Waals surface area contributed by atoms with Crippen LogP contribution in [0.2, 0.25) is 10.0 Å². The van der Waals surface area contributed by atoms with E-state index in [1.165, 1.54) is 0 Å². The molecule has 0 radical (unpaired) electrons. The molecule has 0 aliphatic heterocycles. The Morgan fingerprint density at radius 2 is 1.93 bits per heavy atom. The van der Waals surface area contributed by atoms with Crippen molar-refractivity contribution in [3.63, 3.8) is 0 Å². The molecule has 72 valence electrons. The quantitative estimate of drug-likeness (QED) is 0.841. The van der Waals surface area contributed by atoms with Crippen LogP contribution in [0.3, 0.4) is 0 Å². The molecule has 0 fully saturated rings.